The number of aryl methyl sites for hydroxylation is 1. The van der Waals surface area contributed by atoms with E-state index in [1.54, 1.807) is 0 Å². The minimum atomic E-state index is 1.29. The van der Waals surface area contributed by atoms with Crippen LogP contribution in [0.4, 0.5) is 0 Å². The lowest BCUT2D eigenvalue weighted by atomic mass is 10.2. The van der Waals surface area contributed by atoms with Gasteiger partial charge in [-0.3, -0.25) is 0 Å². The Bertz CT molecular complexity index is 494. The predicted octanol–water partition coefficient (Wildman–Crippen LogP) is 3.11. The summed E-state index contributed by atoms with van der Waals surface area (Å²) in [5.74, 6) is 0. The number of pyridine rings is 1. The molecule has 0 spiro atoms. The van der Waals surface area contributed by atoms with E-state index in [4.69, 9.17) is 0 Å². The number of thioether (sulfide) groups is 2. The minimum Gasteiger partial charge on any atom is -0.200 e. The van der Waals surface area contributed by atoms with Crippen molar-refractivity contribution < 1.29 is 4.57 Å². The van der Waals surface area contributed by atoms with Crippen LogP contribution in [0.15, 0.2) is 40.3 Å². The second kappa shape index (κ2) is 4.45. The Morgan fingerprint density at radius 3 is 2.47 bits per heavy atom. The van der Waals surface area contributed by atoms with Crippen LogP contribution in [0, 0.1) is 0 Å². The summed E-state index contributed by atoms with van der Waals surface area (Å²) in [5.41, 5.74) is 1.29. The highest BCUT2D eigenvalue weighted by atomic mass is 32.2. The number of aromatic nitrogens is 1. The van der Waals surface area contributed by atoms with E-state index in [9.17, 15) is 0 Å². The average molecular weight is 236 g/mol. The van der Waals surface area contributed by atoms with Crippen molar-refractivity contribution in [2.75, 3.05) is 12.5 Å². The maximum atomic E-state index is 2.21. The topological polar surface area (TPSA) is 3.88 Å². The van der Waals surface area contributed by atoms with Gasteiger partial charge in [-0.05, 0) is 18.6 Å². The Balaban J connectivity index is 2.85. The van der Waals surface area contributed by atoms with Crippen LogP contribution in [0.5, 0.6) is 0 Å². The Hall–Kier alpha value is -0.670. The lowest BCUT2D eigenvalue weighted by molar-refractivity contribution is -0.647. The van der Waals surface area contributed by atoms with Crippen molar-refractivity contribution in [2.24, 2.45) is 7.05 Å². The Morgan fingerprint density at radius 2 is 1.80 bits per heavy atom. The molecule has 0 amide bonds. The molecule has 0 fully saturated rings. The Morgan fingerprint density at radius 1 is 1.07 bits per heavy atom. The van der Waals surface area contributed by atoms with Gasteiger partial charge in [-0.25, -0.2) is 0 Å². The van der Waals surface area contributed by atoms with Crippen molar-refractivity contribution in [1.82, 2.24) is 0 Å². The fourth-order valence-electron chi connectivity index (χ4n) is 1.77. The van der Waals surface area contributed by atoms with E-state index in [1.165, 1.54) is 20.7 Å². The summed E-state index contributed by atoms with van der Waals surface area (Å²) in [6.07, 6.45) is 6.48. The zero-order chi connectivity index (χ0) is 10.8. The highest BCUT2D eigenvalue weighted by molar-refractivity contribution is 8.01. The van der Waals surface area contributed by atoms with Gasteiger partial charge < -0.3 is 0 Å². The summed E-state index contributed by atoms with van der Waals surface area (Å²) >= 11 is 3.63. The van der Waals surface area contributed by atoms with Gasteiger partial charge in [0, 0.05) is 11.0 Å². The number of hydrogen-bond donors (Lipinski definition) is 0. The molecule has 78 valence electrons. The molecule has 0 unspecified atom stereocenters. The SMILES string of the molecule is CSc1c[n+](C)c2ccccc2c1SC. The molecular weight excluding hydrogens is 222 g/mol. The molecule has 0 atom stereocenters. The molecule has 1 aromatic carbocycles. The normalized spacial score (nSPS) is 10.9. The van der Waals surface area contributed by atoms with Gasteiger partial charge in [0.1, 0.15) is 7.05 Å². The second-order valence-electron chi connectivity index (χ2n) is 3.36. The molecule has 3 heteroatoms. The largest absolute Gasteiger partial charge is 0.213 e. The third-order valence-electron chi connectivity index (χ3n) is 2.49. The van der Waals surface area contributed by atoms with Crippen LogP contribution < -0.4 is 4.57 Å². The maximum absolute atomic E-state index is 2.21. The van der Waals surface area contributed by atoms with E-state index < -0.39 is 0 Å². The molecule has 2 rings (SSSR count). The summed E-state index contributed by atoms with van der Waals surface area (Å²) < 4.78 is 2.20. The summed E-state index contributed by atoms with van der Waals surface area (Å²) in [5, 5.41) is 1.35. The molecule has 0 aliphatic carbocycles. The average Bonchev–Trinajstić information content (AvgIpc) is 2.29. The van der Waals surface area contributed by atoms with Crippen LogP contribution in [-0.4, -0.2) is 12.5 Å². The first-order valence-electron chi connectivity index (χ1n) is 4.77. The molecular formula is C12H14NS2+. The van der Waals surface area contributed by atoms with Crippen LogP contribution in [0.25, 0.3) is 10.9 Å². The molecule has 0 saturated carbocycles. The van der Waals surface area contributed by atoms with Crippen LogP contribution in [0.1, 0.15) is 0 Å². The molecule has 0 bridgehead atoms. The van der Waals surface area contributed by atoms with E-state index in [0.29, 0.717) is 0 Å². The zero-order valence-electron chi connectivity index (χ0n) is 9.15. The van der Waals surface area contributed by atoms with Gasteiger partial charge in [-0.1, -0.05) is 12.1 Å². The van der Waals surface area contributed by atoms with E-state index in [-0.39, 0.29) is 0 Å². The first-order valence-corrected chi connectivity index (χ1v) is 7.22. The van der Waals surface area contributed by atoms with E-state index in [0.717, 1.165) is 0 Å². The van der Waals surface area contributed by atoms with Crippen molar-refractivity contribution in [2.45, 2.75) is 9.79 Å². The summed E-state index contributed by atoms with van der Waals surface area (Å²) in [6.45, 7) is 0. The Kier molecular flexibility index (Phi) is 3.22. The van der Waals surface area contributed by atoms with Gasteiger partial charge in [-0.2, -0.15) is 4.57 Å². The van der Waals surface area contributed by atoms with Crippen LogP contribution in [0.2, 0.25) is 0 Å². The summed E-state index contributed by atoms with van der Waals surface area (Å²) in [6, 6.07) is 8.55. The Labute approximate surface area is 98.9 Å². The third kappa shape index (κ3) is 1.86. The van der Waals surface area contributed by atoms with E-state index in [2.05, 4.69) is 54.6 Å². The quantitative estimate of drug-likeness (QED) is 0.582. The van der Waals surface area contributed by atoms with Gasteiger partial charge in [0.15, 0.2) is 6.20 Å². The molecule has 1 aromatic heterocycles. The first kappa shape index (κ1) is 10.8. The number of fused-ring (bicyclic) bond motifs is 1. The molecule has 0 saturated heterocycles. The third-order valence-corrected chi connectivity index (χ3v) is 4.21. The van der Waals surface area contributed by atoms with Crippen LogP contribution >= 0.6 is 23.5 Å². The zero-order valence-corrected chi connectivity index (χ0v) is 10.8. The summed E-state index contributed by atoms with van der Waals surface area (Å²) in [7, 11) is 2.10. The van der Waals surface area contributed by atoms with Crippen molar-refractivity contribution >= 4 is 34.4 Å². The highest BCUT2D eigenvalue weighted by Gasteiger charge is 2.13. The lowest BCUT2D eigenvalue weighted by Gasteiger charge is -2.06. The van der Waals surface area contributed by atoms with E-state index in [1.807, 2.05) is 23.5 Å². The van der Waals surface area contributed by atoms with Gasteiger partial charge in [-0.15, -0.1) is 23.5 Å². The molecule has 0 N–H and O–H groups in total. The maximum Gasteiger partial charge on any atom is 0.213 e. The fraction of sp³-hybridized carbons (Fsp3) is 0.250. The number of hydrogen-bond acceptors (Lipinski definition) is 2. The van der Waals surface area contributed by atoms with Crippen molar-refractivity contribution in [3.05, 3.63) is 30.5 Å². The molecule has 1 heterocycles. The smallest absolute Gasteiger partial charge is 0.200 e. The molecule has 0 aliphatic heterocycles. The standard InChI is InChI=1S/C12H14NS2/c1-13-8-11(14-2)12(15-3)9-6-4-5-7-10(9)13/h4-8H,1-3H3/q+1. The predicted molar refractivity (Wildman–Crippen MR) is 68.7 cm³/mol. The molecule has 0 radical (unpaired) electrons. The highest BCUT2D eigenvalue weighted by Crippen LogP contribution is 2.32. The number of benzene rings is 1. The van der Waals surface area contributed by atoms with Gasteiger partial charge in [0.2, 0.25) is 5.52 Å². The van der Waals surface area contributed by atoms with Crippen LogP contribution in [-0.2, 0) is 7.05 Å². The number of nitrogens with zero attached hydrogens (tertiary/aromatic N) is 1. The monoisotopic (exact) mass is 236 g/mol. The van der Waals surface area contributed by atoms with Crippen LogP contribution in [0.3, 0.4) is 0 Å². The first-order chi connectivity index (χ1) is 7.27. The minimum absolute atomic E-state index is 1.29. The summed E-state index contributed by atoms with van der Waals surface area (Å²) in [4.78, 5) is 2.74. The van der Waals surface area contributed by atoms with Crippen molar-refractivity contribution in [1.29, 1.82) is 0 Å². The number of para-hydroxylation sites is 1. The molecule has 15 heavy (non-hydrogen) atoms. The van der Waals surface area contributed by atoms with Crippen molar-refractivity contribution in [3.63, 3.8) is 0 Å². The fourth-order valence-corrected chi connectivity index (χ4v) is 3.47. The lowest BCUT2D eigenvalue weighted by Crippen LogP contribution is -2.28. The van der Waals surface area contributed by atoms with Gasteiger partial charge >= 0.3 is 0 Å². The van der Waals surface area contributed by atoms with Crippen molar-refractivity contribution in [3.8, 4) is 0 Å². The number of rotatable bonds is 2. The van der Waals surface area contributed by atoms with E-state index >= 15 is 0 Å². The second-order valence-corrected chi connectivity index (χ2v) is 5.02. The molecule has 1 nitrogen and oxygen atoms in total. The molecule has 0 aliphatic rings. The molecule has 2 aromatic rings. The van der Waals surface area contributed by atoms with Gasteiger partial charge in [0.25, 0.3) is 0 Å². The van der Waals surface area contributed by atoms with Gasteiger partial charge in [0.05, 0.1) is 10.3 Å².